The van der Waals surface area contributed by atoms with Crippen molar-refractivity contribution in [2.45, 2.75) is 36.4 Å². The number of rotatable bonds is 6. The number of esters is 1. The fourth-order valence-corrected chi connectivity index (χ4v) is 7.48. The fraction of sp³-hybridized carbons (Fsp3) is 0.300. The Kier molecular flexibility index (Phi) is 5.60. The zero-order valence-electron chi connectivity index (χ0n) is 19.9. The lowest BCUT2D eigenvalue weighted by molar-refractivity contribution is -0.122. The number of carbonyl (C=O) groups excluding carboxylic acids is 3. The third kappa shape index (κ3) is 3.16. The molecule has 0 spiro atoms. The van der Waals surface area contributed by atoms with Crippen molar-refractivity contribution in [2.75, 3.05) is 11.5 Å². The summed E-state index contributed by atoms with van der Waals surface area (Å²) in [5.74, 6) is -2.04. The SMILES string of the molecule is CCCCCOC(=O)c1ccc(N2C(=O)C3C4c5ccccc5C(Br)(c5ccccc54)C3C2=O)cc1. The highest BCUT2D eigenvalue weighted by atomic mass is 79.9. The van der Waals surface area contributed by atoms with Gasteiger partial charge in [0.1, 0.15) is 0 Å². The minimum atomic E-state index is -0.774. The van der Waals surface area contributed by atoms with Gasteiger partial charge in [-0.25, -0.2) is 9.69 Å². The van der Waals surface area contributed by atoms with E-state index in [1.54, 1.807) is 24.3 Å². The highest BCUT2D eigenvalue weighted by molar-refractivity contribution is 9.09. The molecule has 36 heavy (non-hydrogen) atoms. The lowest BCUT2D eigenvalue weighted by atomic mass is 9.55. The maximum Gasteiger partial charge on any atom is 0.338 e. The van der Waals surface area contributed by atoms with E-state index in [0.29, 0.717) is 17.9 Å². The summed E-state index contributed by atoms with van der Waals surface area (Å²) in [6.45, 7) is 2.48. The number of alkyl halides is 1. The van der Waals surface area contributed by atoms with E-state index in [9.17, 15) is 14.4 Å². The first-order valence-electron chi connectivity index (χ1n) is 12.5. The van der Waals surface area contributed by atoms with Gasteiger partial charge in [0.15, 0.2) is 0 Å². The van der Waals surface area contributed by atoms with E-state index < -0.39 is 22.1 Å². The van der Waals surface area contributed by atoms with Crippen molar-refractivity contribution in [2.24, 2.45) is 11.8 Å². The molecule has 0 saturated carbocycles. The second-order valence-corrected chi connectivity index (χ2v) is 11.0. The Morgan fingerprint density at radius 3 is 2.11 bits per heavy atom. The molecule has 2 atom stereocenters. The van der Waals surface area contributed by atoms with Crippen LogP contribution >= 0.6 is 15.9 Å². The largest absolute Gasteiger partial charge is 0.462 e. The lowest BCUT2D eigenvalue weighted by Crippen LogP contribution is -2.50. The van der Waals surface area contributed by atoms with Crippen molar-refractivity contribution in [1.82, 2.24) is 0 Å². The molecule has 7 rings (SSSR count). The number of halogens is 1. The third-order valence-electron chi connectivity index (χ3n) is 7.86. The van der Waals surface area contributed by atoms with Crippen molar-refractivity contribution in [1.29, 1.82) is 0 Å². The Bertz CT molecular complexity index is 1330. The summed E-state index contributed by atoms with van der Waals surface area (Å²) in [5.41, 5.74) is 5.18. The average Bonchev–Trinajstić information content (AvgIpc) is 3.18. The highest BCUT2D eigenvalue weighted by Gasteiger charge is 2.67. The van der Waals surface area contributed by atoms with E-state index in [1.165, 1.54) is 4.90 Å². The molecule has 6 heteroatoms. The number of nitrogens with zero attached hydrogens (tertiary/aromatic N) is 1. The zero-order valence-corrected chi connectivity index (χ0v) is 21.5. The van der Waals surface area contributed by atoms with E-state index in [0.717, 1.165) is 41.5 Å². The summed E-state index contributed by atoms with van der Waals surface area (Å²) < 4.78 is 4.57. The van der Waals surface area contributed by atoms with Crippen molar-refractivity contribution in [3.8, 4) is 0 Å². The zero-order chi connectivity index (χ0) is 25.0. The van der Waals surface area contributed by atoms with Gasteiger partial charge in [-0.1, -0.05) is 84.2 Å². The lowest BCUT2D eigenvalue weighted by Gasteiger charge is -2.51. The number of unbranched alkanes of at least 4 members (excludes halogenated alkanes) is 2. The number of ether oxygens (including phenoxy) is 1. The van der Waals surface area contributed by atoms with Crippen LogP contribution in [0.25, 0.3) is 0 Å². The number of benzene rings is 3. The molecule has 1 saturated heterocycles. The van der Waals surface area contributed by atoms with Gasteiger partial charge in [-0.3, -0.25) is 9.59 Å². The maximum atomic E-state index is 14.0. The van der Waals surface area contributed by atoms with Crippen LogP contribution in [-0.4, -0.2) is 24.4 Å². The van der Waals surface area contributed by atoms with Gasteiger partial charge in [0, 0.05) is 5.92 Å². The summed E-state index contributed by atoms with van der Waals surface area (Å²) in [6.07, 6.45) is 2.90. The quantitative estimate of drug-likeness (QED) is 0.167. The second kappa shape index (κ2) is 8.70. The van der Waals surface area contributed by atoms with Gasteiger partial charge in [0.25, 0.3) is 0 Å². The Labute approximate surface area is 218 Å². The third-order valence-corrected chi connectivity index (χ3v) is 9.20. The van der Waals surface area contributed by atoms with Gasteiger partial charge >= 0.3 is 5.97 Å². The second-order valence-electron chi connectivity index (χ2n) is 9.77. The van der Waals surface area contributed by atoms with E-state index in [4.69, 9.17) is 4.74 Å². The molecule has 1 heterocycles. The Morgan fingerprint density at radius 1 is 0.889 bits per heavy atom. The molecule has 2 amide bonds. The van der Waals surface area contributed by atoms with Crippen molar-refractivity contribution in [3.63, 3.8) is 0 Å². The summed E-state index contributed by atoms with van der Waals surface area (Å²) in [7, 11) is 0. The number of hydrogen-bond acceptors (Lipinski definition) is 4. The van der Waals surface area contributed by atoms with Gasteiger partial charge in [-0.2, -0.15) is 0 Å². The number of carbonyl (C=O) groups is 3. The van der Waals surface area contributed by atoms with Gasteiger partial charge in [0.05, 0.1) is 34.0 Å². The van der Waals surface area contributed by atoms with Crippen LogP contribution in [0.15, 0.2) is 72.8 Å². The minimum absolute atomic E-state index is 0.180. The molecular weight excluding hydrogens is 518 g/mol. The van der Waals surface area contributed by atoms with Crippen molar-refractivity contribution < 1.29 is 19.1 Å². The maximum absolute atomic E-state index is 14.0. The molecule has 3 aromatic rings. The first-order chi connectivity index (χ1) is 17.5. The van der Waals surface area contributed by atoms with Gasteiger partial charge < -0.3 is 4.74 Å². The van der Waals surface area contributed by atoms with Crippen LogP contribution in [0.2, 0.25) is 0 Å². The summed E-state index contributed by atoms with van der Waals surface area (Å²) in [4.78, 5) is 41.6. The average molecular weight is 544 g/mol. The van der Waals surface area contributed by atoms with Crippen LogP contribution < -0.4 is 4.90 Å². The van der Waals surface area contributed by atoms with E-state index >= 15 is 0 Å². The fourth-order valence-electron chi connectivity index (χ4n) is 6.28. The molecule has 2 bridgehead atoms. The van der Waals surface area contributed by atoms with Gasteiger partial charge in [-0.05, 0) is 52.9 Å². The number of amides is 2. The van der Waals surface area contributed by atoms with Crippen LogP contribution in [0.3, 0.4) is 0 Å². The van der Waals surface area contributed by atoms with E-state index in [2.05, 4.69) is 47.1 Å². The molecule has 5 nitrogen and oxygen atoms in total. The molecule has 0 N–H and O–H groups in total. The molecule has 4 aliphatic rings. The van der Waals surface area contributed by atoms with Gasteiger partial charge in [0.2, 0.25) is 11.8 Å². The molecule has 1 aliphatic heterocycles. The molecule has 3 aromatic carbocycles. The molecule has 0 radical (unpaired) electrons. The molecule has 182 valence electrons. The molecule has 3 aliphatic carbocycles. The van der Waals surface area contributed by atoms with Crippen LogP contribution in [0.1, 0.15) is 64.7 Å². The van der Waals surface area contributed by atoms with Crippen LogP contribution in [0.4, 0.5) is 5.69 Å². The van der Waals surface area contributed by atoms with Crippen LogP contribution in [-0.2, 0) is 18.7 Å². The normalized spacial score (nSPS) is 25.4. The van der Waals surface area contributed by atoms with E-state index in [-0.39, 0.29) is 17.7 Å². The Balaban J connectivity index is 1.35. The smallest absolute Gasteiger partial charge is 0.338 e. The summed E-state index contributed by atoms with van der Waals surface area (Å²) in [5, 5.41) is 0. The van der Waals surface area contributed by atoms with E-state index in [1.807, 2.05) is 24.3 Å². The molecular formula is C30H26BrNO4. The standard InChI is InChI=1S/C30H26BrNO4/c1-2-3-8-17-36-29(35)18-13-15-19(16-14-18)32-27(33)25-24-20-9-4-6-11-22(20)30(31,26(25)28(32)34)23-12-7-5-10-21(23)24/h4-7,9-16,24-26H,2-3,8,17H2,1H3. The first-order valence-corrected chi connectivity index (χ1v) is 13.3. The first kappa shape index (κ1) is 23.2. The molecule has 2 unspecified atom stereocenters. The number of hydrogen-bond donors (Lipinski definition) is 0. The summed E-state index contributed by atoms with van der Waals surface area (Å²) >= 11 is 4.01. The summed E-state index contributed by atoms with van der Waals surface area (Å²) in [6, 6.07) is 22.8. The minimum Gasteiger partial charge on any atom is -0.462 e. The van der Waals surface area contributed by atoms with Crippen molar-refractivity contribution in [3.05, 3.63) is 101 Å². The topological polar surface area (TPSA) is 63.7 Å². The highest BCUT2D eigenvalue weighted by Crippen LogP contribution is 2.66. The monoisotopic (exact) mass is 543 g/mol. The predicted molar refractivity (Wildman–Crippen MR) is 140 cm³/mol. The predicted octanol–water partition coefficient (Wildman–Crippen LogP) is 5.94. The molecule has 1 fully saturated rings. The number of anilines is 1. The Morgan fingerprint density at radius 2 is 1.50 bits per heavy atom. The van der Waals surface area contributed by atoms with Crippen LogP contribution in [0.5, 0.6) is 0 Å². The van der Waals surface area contributed by atoms with Crippen LogP contribution in [0, 0.1) is 11.8 Å². The Hall–Kier alpha value is -3.25. The van der Waals surface area contributed by atoms with Gasteiger partial charge in [-0.15, -0.1) is 0 Å². The molecule has 0 aromatic heterocycles. The van der Waals surface area contributed by atoms with Crippen molar-refractivity contribution >= 4 is 39.4 Å². The number of imide groups is 1.